The van der Waals surface area contributed by atoms with Crippen molar-refractivity contribution in [2.45, 2.75) is 0 Å². The van der Waals surface area contributed by atoms with Crippen LogP contribution in [0.4, 0.5) is 0 Å². The van der Waals surface area contributed by atoms with Crippen LogP contribution in [0.5, 0.6) is 28.7 Å². The predicted molar refractivity (Wildman–Crippen MR) is 86.1 cm³/mol. The molecule has 144 valence electrons. The summed E-state index contributed by atoms with van der Waals surface area (Å²) in [6, 6.07) is 5.64. The zero-order chi connectivity index (χ0) is 20.5. The number of phosphoric acid groups is 1. The molecule has 0 bridgehead atoms. The summed E-state index contributed by atoms with van der Waals surface area (Å²) in [5, 5.41) is 47.6. The van der Waals surface area contributed by atoms with E-state index in [0.29, 0.717) is 0 Å². The van der Waals surface area contributed by atoms with Gasteiger partial charge < -0.3 is 49.2 Å². The Morgan fingerprint density at radius 1 is 0.862 bits per heavy atom. The molecule has 0 fully saturated rings. The van der Waals surface area contributed by atoms with Gasteiger partial charge in [0.15, 0.2) is 17.3 Å². The molecule has 0 amide bonds. The molecular formula is C15H11K2O11P. The molecule has 0 saturated carbocycles. The second-order valence-corrected chi connectivity index (χ2v) is 6.06. The number of fused-ring (bicyclic) bond motifs is 1. The van der Waals surface area contributed by atoms with Gasteiger partial charge in [0, 0.05) is 17.7 Å². The van der Waals surface area contributed by atoms with Crippen molar-refractivity contribution in [2.75, 3.05) is 0 Å². The van der Waals surface area contributed by atoms with Crippen LogP contribution in [0.15, 0.2) is 39.5 Å². The van der Waals surface area contributed by atoms with Gasteiger partial charge in [-0.15, -0.1) is 0 Å². The molecule has 29 heavy (non-hydrogen) atoms. The molecule has 3 aromatic rings. The Bertz CT molecular complexity index is 1120. The third-order valence-electron chi connectivity index (χ3n) is 3.17. The SMILES string of the molecule is O=P([O-])([O-])O.O=c1c(O)c(-c2ccc(O)c(O)c2)oc2cc(O)cc(O)c12.[K+].[K+]. The van der Waals surface area contributed by atoms with Gasteiger partial charge in [0.1, 0.15) is 22.5 Å². The van der Waals surface area contributed by atoms with Crippen molar-refractivity contribution in [3.8, 4) is 40.1 Å². The number of hydrogen-bond acceptors (Lipinski definition) is 10. The summed E-state index contributed by atoms with van der Waals surface area (Å²) in [5.74, 6) is -2.71. The number of hydrogen-bond donors (Lipinski definition) is 6. The Kier molecular flexibility index (Phi) is 11.6. The number of benzene rings is 2. The monoisotopic (exact) mass is 476 g/mol. The van der Waals surface area contributed by atoms with Crippen molar-refractivity contribution in [1.82, 2.24) is 0 Å². The largest absolute Gasteiger partial charge is 1.00 e. The van der Waals surface area contributed by atoms with Gasteiger partial charge in [0.2, 0.25) is 11.2 Å². The smallest absolute Gasteiger partial charge is 0.790 e. The quantitative estimate of drug-likeness (QED) is 0.110. The van der Waals surface area contributed by atoms with E-state index in [1.54, 1.807) is 0 Å². The van der Waals surface area contributed by atoms with E-state index in [2.05, 4.69) is 0 Å². The van der Waals surface area contributed by atoms with Crippen LogP contribution in [0.1, 0.15) is 0 Å². The van der Waals surface area contributed by atoms with Crippen LogP contribution >= 0.6 is 7.82 Å². The van der Waals surface area contributed by atoms with Crippen LogP contribution in [0, 0.1) is 0 Å². The molecule has 0 radical (unpaired) electrons. The maximum atomic E-state index is 12.1. The van der Waals surface area contributed by atoms with Gasteiger partial charge in [-0.3, -0.25) is 4.79 Å². The van der Waals surface area contributed by atoms with Gasteiger partial charge in [-0.2, -0.15) is 0 Å². The van der Waals surface area contributed by atoms with E-state index >= 15 is 0 Å². The summed E-state index contributed by atoms with van der Waals surface area (Å²) in [5.41, 5.74) is -0.890. The van der Waals surface area contributed by atoms with E-state index in [9.17, 15) is 30.3 Å². The number of rotatable bonds is 1. The average molecular weight is 476 g/mol. The Morgan fingerprint density at radius 3 is 1.93 bits per heavy atom. The van der Waals surface area contributed by atoms with E-state index in [1.807, 2.05) is 0 Å². The van der Waals surface area contributed by atoms with Crippen molar-refractivity contribution >= 4 is 18.8 Å². The second-order valence-electron chi connectivity index (χ2n) is 5.12. The van der Waals surface area contributed by atoms with Crippen molar-refractivity contribution < 1.29 is 152 Å². The van der Waals surface area contributed by atoms with Gasteiger partial charge in [-0.1, -0.05) is 0 Å². The molecule has 14 heteroatoms. The maximum Gasteiger partial charge on any atom is 1.00 e. The second kappa shape index (κ2) is 11.6. The van der Waals surface area contributed by atoms with Gasteiger partial charge >= 0.3 is 103 Å². The van der Waals surface area contributed by atoms with Crippen LogP contribution in [-0.4, -0.2) is 30.4 Å². The third-order valence-corrected chi connectivity index (χ3v) is 3.17. The minimum absolute atomic E-state index is 0. The average Bonchev–Trinajstić information content (AvgIpc) is 2.51. The van der Waals surface area contributed by atoms with E-state index < -0.39 is 30.5 Å². The zero-order valence-corrected chi connectivity index (χ0v) is 22.2. The molecule has 1 aromatic heterocycles. The van der Waals surface area contributed by atoms with E-state index in [-0.39, 0.29) is 137 Å². The fourth-order valence-corrected chi connectivity index (χ4v) is 2.14. The van der Waals surface area contributed by atoms with Crippen molar-refractivity contribution in [3.63, 3.8) is 0 Å². The topological polar surface area (TPSA) is 215 Å². The molecule has 0 spiro atoms. The van der Waals surface area contributed by atoms with Crippen LogP contribution in [0.3, 0.4) is 0 Å². The van der Waals surface area contributed by atoms with E-state index in [1.165, 1.54) is 6.07 Å². The first-order chi connectivity index (χ1) is 12.4. The predicted octanol–water partition coefficient (Wildman–Crippen LogP) is -6.20. The molecule has 0 saturated heterocycles. The first-order valence-electron chi connectivity index (χ1n) is 6.87. The first-order valence-corrected chi connectivity index (χ1v) is 8.37. The summed E-state index contributed by atoms with van der Waals surface area (Å²) >= 11 is 0. The molecule has 1 heterocycles. The molecule has 6 N–H and O–H groups in total. The van der Waals surface area contributed by atoms with Crippen LogP contribution in [0.25, 0.3) is 22.3 Å². The maximum absolute atomic E-state index is 12.1. The fraction of sp³-hybridized carbons (Fsp3) is 0. The van der Waals surface area contributed by atoms with Crippen LogP contribution in [0.2, 0.25) is 0 Å². The Labute approximate surface area is 247 Å². The zero-order valence-electron chi connectivity index (χ0n) is 15.1. The Morgan fingerprint density at radius 2 is 1.41 bits per heavy atom. The standard InChI is InChI=1S/C15H10O7.2K.H3O4P/c16-7-4-10(19)12-11(5-7)22-15(14(21)13(12)20)6-1-2-8(17)9(18)3-6;;;1-5(2,3)4/h1-5,16-19,21H;;;(H3,1,2,3,4)/q;2*+1;/p-2. The first kappa shape index (κ1) is 29.0. The van der Waals surface area contributed by atoms with E-state index in [0.717, 1.165) is 24.3 Å². The third kappa shape index (κ3) is 7.90. The van der Waals surface area contributed by atoms with Gasteiger partial charge in [-0.25, -0.2) is 0 Å². The molecule has 0 aliphatic carbocycles. The fourth-order valence-electron chi connectivity index (χ4n) is 2.14. The molecular weight excluding hydrogens is 465 g/mol. The van der Waals surface area contributed by atoms with Crippen molar-refractivity contribution in [3.05, 3.63) is 40.6 Å². The van der Waals surface area contributed by atoms with Crippen molar-refractivity contribution in [2.24, 2.45) is 0 Å². The summed E-state index contributed by atoms with van der Waals surface area (Å²) in [4.78, 5) is 36.4. The normalized spacial score (nSPS) is 10.3. The Balaban J connectivity index is 0.00000101. The number of phenolic OH excluding ortho intramolecular Hbond substituents is 4. The molecule has 0 aliphatic heterocycles. The number of aromatic hydroxyl groups is 5. The molecule has 0 atom stereocenters. The van der Waals surface area contributed by atoms with Crippen LogP contribution < -0.4 is 118 Å². The summed E-state index contributed by atoms with van der Waals surface area (Å²) in [6.45, 7) is 0. The van der Waals surface area contributed by atoms with Crippen LogP contribution in [-0.2, 0) is 4.57 Å². The molecule has 0 unspecified atom stereocenters. The van der Waals surface area contributed by atoms with Crippen molar-refractivity contribution in [1.29, 1.82) is 0 Å². The van der Waals surface area contributed by atoms with Gasteiger partial charge in [0.25, 0.3) is 0 Å². The Hall–Kier alpha value is 0.0327. The van der Waals surface area contributed by atoms with Gasteiger partial charge in [-0.05, 0) is 18.2 Å². The van der Waals surface area contributed by atoms with E-state index in [4.69, 9.17) is 23.7 Å². The minimum Gasteiger partial charge on any atom is -0.790 e. The molecule has 0 aliphatic rings. The summed E-state index contributed by atoms with van der Waals surface area (Å²) < 4.78 is 14.0. The molecule has 2 aromatic carbocycles. The molecule has 3 rings (SSSR count). The van der Waals surface area contributed by atoms with Gasteiger partial charge in [0.05, 0.1) is 7.82 Å². The minimum atomic E-state index is -5.14. The molecule has 11 nitrogen and oxygen atoms in total. The summed E-state index contributed by atoms with van der Waals surface area (Å²) in [6.07, 6.45) is 0. The number of phenols is 4. The summed E-state index contributed by atoms with van der Waals surface area (Å²) in [7, 11) is -5.14.